The second-order valence-electron chi connectivity index (χ2n) is 4.21. The Balaban J connectivity index is 2.19. The molecule has 1 aromatic carbocycles. The molecule has 0 aliphatic carbocycles. The number of aromatic carboxylic acids is 1. The molecule has 0 saturated carbocycles. The number of benzene rings is 1. The van der Waals surface area contributed by atoms with Crippen LogP contribution in [0.4, 0.5) is 5.69 Å². The molecule has 1 heterocycles. The predicted octanol–water partition coefficient (Wildman–Crippen LogP) is 1.51. The van der Waals surface area contributed by atoms with Gasteiger partial charge in [-0.05, 0) is 31.0 Å². The van der Waals surface area contributed by atoms with Crippen LogP contribution in [-0.2, 0) is 9.53 Å². The minimum atomic E-state index is -1.06. The van der Waals surface area contributed by atoms with Gasteiger partial charge in [0.1, 0.15) is 11.9 Å². The number of amides is 1. The highest BCUT2D eigenvalue weighted by molar-refractivity contribution is 5.97. The Morgan fingerprint density at radius 2 is 2.26 bits per heavy atom. The third-order valence-corrected chi connectivity index (χ3v) is 2.93. The van der Waals surface area contributed by atoms with Gasteiger partial charge in [-0.1, -0.05) is 0 Å². The van der Waals surface area contributed by atoms with E-state index in [2.05, 4.69) is 5.32 Å². The zero-order chi connectivity index (χ0) is 13.8. The van der Waals surface area contributed by atoms with Crippen molar-refractivity contribution in [2.45, 2.75) is 18.9 Å². The summed E-state index contributed by atoms with van der Waals surface area (Å²) in [7, 11) is 1.46. The van der Waals surface area contributed by atoms with Crippen LogP contribution >= 0.6 is 0 Å². The number of nitrogens with one attached hydrogen (secondary N) is 1. The summed E-state index contributed by atoms with van der Waals surface area (Å²) in [5.74, 6) is -0.926. The lowest BCUT2D eigenvalue weighted by atomic mass is 10.1. The summed E-state index contributed by atoms with van der Waals surface area (Å²) in [6.45, 7) is 0.574. The highest BCUT2D eigenvalue weighted by atomic mass is 16.5. The second kappa shape index (κ2) is 5.71. The summed E-state index contributed by atoms with van der Waals surface area (Å²) in [5.41, 5.74) is 0.423. The molecule has 6 heteroatoms. The Morgan fingerprint density at radius 1 is 1.47 bits per heavy atom. The number of carbonyl (C=O) groups is 2. The first-order valence-corrected chi connectivity index (χ1v) is 5.95. The van der Waals surface area contributed by atoms with Crippen LogP contribution in [-0.4, -0.2) is 36.8 Å². The van der Waals surface area contributed by atoms with Gasteiger partial charge < -0.3 is 19.9 Å². The van der Waals surface area contributed by atoms with Crippen LogP contribution in [0.5, 0.6) is 5.75 Å². The molecule has 1 amide bonds. The van der Waals surface area contributed by atoms with Gasteiger partial charge in [-0.3, -0.25) is 4.79 Å². The van der Waals surface area contributed by atoms with E-state index in [0.717, 1.165) is 6.42 Å². The monoisotopic (exact) mass is 265 g/mol. The first-order valence-electron chi connectivity index (χ1n) is 5.95. The number of carboxylic acids is 1. The van der Waals surface area contributed by atoms with Crippen molar-refractivity contribution in [3.05, 3.63) is 23.8 Å². The topological polar surface area (TPSA) is 84.9 Å². The molecule has 0 unspecified atom stereocenters. The summed E-state index contributed by atoms with van der Waals surface area (Å²) in [5, 5.41) is 11.6. The Bertz CT molecular complexity index is 494. The van der Waals surface area contributed by atoms with Crippen molar-refractivity contribution in [1.29, 1.82) is 0 Å². The van der Waals surface area contributed by atoms with Gasteiger partial charge in [-0.15, -0.1) is 0 Å². The SMILES string of the molecule is COc1ccc(C(=O)O)cc1NC(=O)[C@@H]1CCCO1. The van der Waals surface area contributed by atoms with E-state index in [-0.39, 0.29) is 11.5 Å². The number of anilines is 1. The predicted molar refractivity (Wildman–Crippen MR) is 67.6 cm³/mol. The standard InChI is InChI=1S/C13H15NO5/c1-18-10-5-4-8(13(16)17)7-9(10)14-12(15)11-3-2-6-19-11/h4-5,7,11H,2-3,6H2,1H3,(H,14,15)(H,16,17)/t11-/m0/s1. The summed E-state index contributed by atoms with van der Waals surface area (Å²) < 4.78 is 10.4. The first kappa shape index (κ1) is 13.4. The Kier molecular flexibility index (Phi) is 4.01. The molecule has 0 aromatic heterocycles. The number of ether oxygens (including phenoxy) is 2. The highest BCUT2D eigenvalue weighted by Gasteiger charge is 2.24. The van der Waals surface area contributed by atoms with E-state index in [1.165, 1.54) is 25.3 Å². The molecule has 1 fully saturated rings. The first-order chi connectivity index (χ1) is 9.11. The number of carboxylic acid groups (broad SMARTS) is 1. The van der Waals surface area contributed by atoms with Gasteiger partial charge in [0.15, 0.2) is 0 Å². The van der Waals surface area contributed by atoms with Crippen molar-refractivity contribution in [1.82, 2.24) is 0 Å². The fraction of sp³-hybridized carbons (Fsp3) is 0.385. The molecule has 1 aromatic rings. The van der Waals surface area contributed by atoms with Crippen LogP contribution < -0.4 is 10.1 Å². The van der Waals surface area contributed by atoms with Crippen molar-refractivity contribution >= 4 is 17.6 Å². The van der Waals surface area contributed by atoms with Gasteiger partial charge in [-0.2, -0.15) is 0 Å². The Morgan fingerprint density at radius 3 is 2.84 bits per heavy atom. The van der Waals surface area contributed by atoms with Gasteiger partial charge in [0.25, 0.3) is 5.91 Å². The maximum atomic E-state index is 11.9. The van der Waals surface area contributed by atoms with Gasteiger partial charge in [-0.25, -0.2) is 4.79 Å². The molecule has 102 valence electrons. The molecule has 19 heavy (non-hydrogen) atoms. The van der Waals surface area contributed by atoms with E-state index in [0.29, 0.717) is 24.5 Å². The van der Waals surface area contributed by atoms with Gasteiger partial charge in [0.05, 0.1) is 18.4 Å². The van der Waals surface area contributed by atoms with Crippen molar-refractivity contribution < 1.29 is 24.2 Å². The third-order valence-electron chi connectivity index (χ3n) is 2.93. The van der Waals surface area contributed by atoms with Crippen LogP contribution in [0.25, 0.3) is 0 Å². The number of rotatable bonds is 4. The van der Waals surface area contributed by atoms with E-state index in [9.17, 15) is 9.59 Å². The minimum Gasteiger partial charge on any atom is -0.495 e. The second-order valence-corrected chi connectivity index (χ2v) is 4.21. The average molecular weight is 265 g/mol. The summed E-state index contributed by atoms with van der Waals surface area (Å²) in [4.78, 5) is 22.8. The fourth-order valence-electron chi connectivity index (χ4n) is 1.94. The number of hydrogen-bond acceptors (Lipinski definition) is 4. The molecule has 2 rings (SSSR count). The Labute approximate surface area is 110 Å². The van der Waals surface area contributed by atoms with Crippen LogP contribution in [0, 0.1) is 0 Å². The van der Waals surface area contributed by atoms with Gasteiger partial charge in [0, 0.05) is 6.61 Å². The van der Waals surface area contributed by atoms with Gasteiger partial charge >= 0.3 is 5.97 Å². The maximum absolute atomic E-state index is 11.9. The molecule has 0 radical (unpaired) electrons. The molecular formula is C13H15NO5. The number of methoxy groups -OCH3 is 1. The van der Waals surface area contributed by atoms with Crippen LogP contribution in [0.2, 0.25) is 0 Å². The average Bonchev–Trinajstić information content (AvgIpc) is 2.92. The summed E-state index contributed by atoms with van der Waals surface area (Å²) in [6, 6.07) is 4.30. The number of carbonyl (C=O) groups excluding carboxylic acids is 1. The fourth-order valence-corrected chi connectivity index (χ4v) is 1.94. The molecular weight excluding hydrogens is 250 g/mol. The van der Waals surface area contributed by atoms with E-state index >= 15 is 0 Å². The highest BCUT2D eigenvalue weighted by Crippen LogP contribution is 2.26. The molecule has 1 saturated heterocycles. The molecule has 1 aliphatic heterocycles. The smallest absolute Gasteiger partial charge is 0.335 e. The molecule has 1 atom stereocenters. The van der Waals surface area contributed by atoms with E-state index < -0.39 is 12.1 Å². The third kappa shape index (κ3) is 3.03. The lowest BCUT2D eigenvalue weighted by Crippen LogP contribution is -2.27. The molecule has 6 nitrogen and oxygen atoms in total. The Hall–Kier alpha value is -2.08. The largest absolute Gasteiger partial charge is 0.495 e. The van der Waals surface area contributed by atoms with Gasteiger partial charge in [0.2, 0.25) is 0 Å². The van der Waals surface area contributed by atoms with E-state index in [1.54, 1.807) is 0 Å². The molecule has 0 bridgehead atoms. The summed E-state index contributed by atoms with van der Waals surface area (Å²) in [6.07, 6.45) is 1.05. The van der Waals surface area contributed by atoms with Crippen molar-refractivity contribution in [2.24, 2.45) is 0 Å². The minimum absolute atomic E-state index is 0.0865. The zero-order valence-electron chi connectivity index (χ0n) is 10.5. The zero-order valence-corrected chi connectivity index (χ0v) is 10.5. The van der Waals surface area contributed by atoms with Crippen molar-refractivity contribution in [3.63, 3.8) is 0 Å². The van der Waals surface area contributed by atoms with Crippen LogP contribution in [0.1, 0.15) is 23.2 Å². The van der Waals surface area contributed by atoms with Crippen molar-refractivity contribution in [3.8, 4) is 5.75 Å². The molecule has 1 aliphatic rings. The summed E-state index contributed by atoms with van der Waals surface area (Å²) >= 11 is 0. The molecule has 2 N–H and O–H groups in total. The van der Waals surface area contributed by atoms with Crippen molar-refractivity contribution in [2.75, 3.05) is 19.0 Å². The quantitative estimate of drug-likeness (QED) is 0.862. The molecule has 0 spiro atoms. The lowest BCUT2D eigenvalue weighted by Gasteiger charge is -2.13. The lowest BCUT2D eigenvalue weighted by molar-refractivity contribution is -0.124. The van der Waals surface area contributed by atoms with Crippen LogP contribution in [0.15, 0.2) is 18.2 Å². The van der Waals surface area contributed by atoms with E-state index in [4.69, 9.17) is 14.6 Å². The van der Waals surface area contributed by atoms with Crippen LogP contribution in [0.3, 0.4) is 0 Å². The van der Waals surface area contributed by atoms with E-state index in [1.807, 2.05) is 0 Å². The maximum Gasteiger partial charge on any atom is 0.335 e. The normalized spacial score (nSPS) is 18.1. The number of hydrogen-bond donors (Lipinski definition) is 2.